The minimum absolute atomic E-state index is 0.0407. The Morgan fingerprint density at radius 3 is 1.88 bits per heavy atom. The van der Waals surface area contributed by atoms with Gasteiger partial charge in [-0.1, -0.05) is 72.8 Å². The summed E-state index contributed by atoms with van der Waals surface area (Å²) < 4.78 is 0. The van der Waals surface area contributed by atoms with Crippen LogP contribution in [0.4, 0.5) is 0 Å². The van der Waals surface area contributed by atoms with E-state index in [1.807, 2.05) is 48.5 Å². The number of phenols is 1. The summed E-state index contributed by atoms with van der Waals surface area (Å²) in [4.78, 5) is 62.7. The minimum atomic E-state index is -1.17. The van der Waals surface area contributed by atoms with Crippen molar-refractivity contribution in [2.24, 2.45) is 32.9 Å². The zero-order chi connectivity index (χ0) is 36.5. The number of phenolic OH excluding ortho intramolecular Hbond substituents is 1. The lowest BCUT2D eigenvalue weighted by Crippen LogP contribution is -2.56. The highest BCUT2D eigenvalue weighted by Crippen LogP contribution is 2.15. The first-order valence-corrected chi connectivity index (χ1v) is 16.0. The van der Waals surface area contributed by atoms with Crippen molar-refractivity contribution in [3.05, 3.63) is 102 Å². The van der Waals surface area contributed by atoms with Crippen LogP contribution in [0.3, 0.4) is 0 Å². The van der Waals surface area contributed by atoms with Crippen LogP contribution in [-0.4, -0.2) is 81.9 Å². The number of aliphatic imine (C=N–C) groups is 2. The van der Waals surface area contributed by atoms with Crippen LogP contribution < -0.4 is 33.6 Å². The van der Waals surface area contributed by atoms with Crippen molar-refractivity contribution in [3.63, 3.8) is 0 Å². The van der Waals surface area contributed by atoms with Crippen molar-refractivity contribution in [3.8, 4) is 5.75 Å². The van der Waals surface area contributed by atoms with Gasteiger partial charge in [0, 0.05) is 32.5 Å². The summed E-state index contributed by atoms with van der Waals surface area (Å²) in [6.45, 7) is 0.184. The Morgan fingerprint density at radius 1 is 0.720 bits per heavy atom. The van der Waals surface area contributed by atoms with Crippen LogP contribution in [0, 0.1) is 0 Å². The highest BCUT2D eigenvalue weighted by atomic mass is 16.4. The van der Waals surface area contributed by atoms with Crippen LogP contribution in [-0.2, 0) is 38.6 Å². The van der Waals surface area contributed by atoms with Crippen molar-refractivity contribution >= 4 is 35.6 Å². The third-order valence-electron chi connectivity index (χ3n) is 7.57. The molecule has 15 nitrogen and oxygen atoms in total. The van der Waals surface area contributed by atoms with Gasteiger partial charge in [-0.25, -0.2) is 4.99 Å². The predicted molar refractivity (Wildman–Crippen MR) is 189 cm³/mol. The molecule has 0 aromatic heterocycles. The number of carbonyl (C=O) groups is 4. The number of hydrogen-bond acceptors (Lipinski definition) is 7. The molecule has 0 aliphatic heterocycles. The number of nitrogens with one attached hydrogen (secondary N) is 2. The van der Waals surface area contributed by atoms with Crippen LogP contribution in [0.15, 0.2) is 94.9 Å². The summed E-state index contributed by atoms with van der Waals surface area (Å²) in [6.07, 6.45) is 0.217. The molecule has 0 radical (unpaired) electrons. The molecule has 12 N–H and O–H groups in total. The Balaban J connectivity index is 1.92. The lowest BCUT2D eigenvalue weighted by molar-refractivity contribution is -0.141. The van der Waals surface area contributed by atoms with Gasteiger partial charge in [0.05, 0.1) is 6.42 Å². The molecule has 3 amide bonds. The van der Waals surface area contributed by atoms with E-state index in [0.717, 1.165) is 11.1 Å². The Hall–Kier alpha value is -6.12. The maximum Gasteiger partial charge on any atom is 0.305 e. The second kappa shape index (κ2) is 19.6. The zero-order valence-corrected chi connectivity index (χ0v) is 27.7. The van der Waals surface area contributed by atoms with Gasteiger partial charge >= 0.3 is 5.97 Å². The number of nitrogens with two attached hydrogens (primary N) is 4. The SMILES string of the molecule is NC(N)=NCCC[C@@H](NC(=O)[C@H](Cc1ccc(O)cc1)N=C(N)N)C(=O)N[C@@H](Cc1ccccc1)C(=O)N(CCC(=O)O)Cc1ccccc1. The quantitative estimate of drug-likeness (QED) is 0.0487. The van der Waals surface area contributed by atoms with Gasteiger partial charge in [-0.3, -0.25) is 24.2 Å². The Kier molecular flexibility index (Phi) is 15.1. The van der Waals surface area contributed by atoms with Crippen molar-refractivity contribution in [1.29, 1.82) is 0 Å². The highest BCUT2D eigenvalue weighted by Gasteiger charge is 2.31. The smallest absolute Gasteiger partial charge is 0.305 e. The van der Waals surface area contributed by atoms with E-state index in [1.165, 1.54) is 17.0 Å². The monoisotopic (exact) mass is 687 g/mol. The van der Waals surface area contributed by atoms with E-state index in [-0.39, 0.29) is 69.4 Å². The number of carbonyl (C=O) groups excluding carboxylic acids is 3. The van der Waals surface area contributed by atoms with E-state index in [4.69, 9.17) is 22.9 Å². The maximum absolute atomic E-state index is 14.2. The number of carboxylic acid groups (broad SMARTS) is 1. The average molecular weight is 688 g/mol. The summed E-state index contributed by atoms with van der Waals surface area (Å²) in [5.74, 6) is -3.33. The summed E-state index contributed by atoms with van der Waals surface area (Å²) in [7, 11) is 0. The third kappa shape index (κ3) is 13.5. The van der Waals surface area contributed by atoms with Crippen LogP contribution in [0.5, 0.6) is 5.75 Å². The van der Waals surface area contributed by atoms with E-state index in [1.54, 1.807) is 24.3 Å². The van der Waals surface area contributed by atoms with Crippen LogP contribution >= 0.6 is 0 Å². The van der Waals surface area contributed by atoms with Crippen LogP contribution in [0.2, 0.25) is 0 Å². The predicted octanol–water partition coefficient (Wildman–Crippen LogP) is 0.346. The molecule has 0 aliphatic carbocycles. The van der Waals surface area contributed by atoms with Gasteiger partial charge < -0.3 is 48.7 Å². The lowest BCUT2D eigenvalue weighted by atomic mass is 10.0. The second-order valence-corrected chi connectivity index (χ2v) is 11.6. The summed E-state index contributed by atoms with van der Waals surface area (Å²) in [5, 5.41) is 24.6. The topological polar surface area (TPSA) is 265 Å². The molecule has 0 bridgehead atoms. The molecule has 0 unspecified atom stereocenters. The van der Waals surface area contributed by atoms with E-state index in [9.17, 15) is 29.4 Å². The Labute approximate surface area is 290 Å². The average Bonchev–Trinajstić information content (AvgIpc) is 3.08. The molecule has 3 rings (SSSR count). The number of aromatic hydroxyl groups is 1. The standard InChI is InChI=1S/C35H45N9O6/c36-34(37)40-18-7-12-27(41-32(49)28(43-35(38)39)20-24-13-15-26(45)16-14-24)31(48)42-29(21-23-8-3-1-4-9-23)33(50)44(19-17-30(46)47)22-25-10-5-2-6-11-25/h1-6,8-11,13-16,27-29,45H,7,12,17-22H2,(H,41,49)(H,42,48)(H,46,47)(H4,36,37,40)(H4,38,39,43)/t27-,28+,29+/m1/s1. The molecule has 0 heterocycles. The third-order valence-corrected chi connectivity index (χ3v) is 7.57. The van der Waals surface area contributed by atoms with Crippen molar-refractivity contribution in [1.82, 2.24) is 15.5 Å². The largest absolute Gasteiger partial charge is 0.508 e. The van der Waals surface area contributed by atoms with Crippen molar-refractivity contribution in [2.45, 2.75) is 56.8 Å². The summed E-state index contributed by atoms with van der Waals surface area (Å²) in [6, 6.07) is 20.9. The molecule has 0 saturated heterocycles. The number of rotatable bonds is 19. The molecule has 0 aliphatic rings. The van der Waals surface area contributed by atoms with Gasteiger partial charge in [0.15, 0.2) is 11.9 Å². The van der Waals surface area contributed by atoms with Crippen LogP contribution in [0.1, 0.15) is 36.0 Å². The van der Waals surface area contributed by atoms with Crippen molar-refractivity contribution < 1.29 is 29.4 Å². The molecule has 0 saturated carbocycles. The van der Waals surface area contributed by atoms with Gasteiger partial charge in [0.2, 0.25) is 17.7 Å². The van der Waals surface area contributed by atoms with Crippen molar-refractivity contribution in [2.75, 3.05) is 13.1 Å². The number of hydrogen-bond donors (Lipinski definition) is 8. The number of carboxylic acids is 1. The fraction of sp³-hybridized carbons (Fsp3) is 0.314. The lowest BCUT2D eigenvalue weighted by Gasteiger charge is -2.29. The Morgan fingerprint density at radius 2 is 1.30 bits per heavy atom. The Bertz CT molecular complexity index is 1610. The maximum atomic E-state index is 14.2. The molecular formula is C35H45N9O6. The first-order chi connectivity index (χ1) is 23.9. The molecule has 3 aromatic rings. The summed E-state index contributed by atoms with van der Waals surface area (Å²) in [5.41, 5.74) is 24.4. The van der Waals surface area contributed by atoms with Gasteiger partial charge in [-0.15, -0.1) is 0 Å². The second-order valence-electron chi connectivity index (χ2n) is 11.6. The fourth-order valence-corrected chi connectivity index (χ4v) is 5.12. The molecule has 15 heteroatoms. The normalized spacial score (nSPS) is 12.4. The molecule has 50 heavy (non-hydrogen) atoms. The molecule has 266 valence electrons. The van der Waals surface area contributed by atoms with E-state index in [2.05, 4.69) is 20.6 Å². The van der Waals surface area contributed by atoms with E-state index < -0.39 is 41.8 Å². The van der Waals surface area contributed by atoms with Gasteiger partial charge in [0.25, 0.3) is 0 Å². The number of guanidine groups is 2. The molecule has 3 atom stereocenters. The van der Waals surface area contributed by atoms with E-state index in [0.29, 0.717) is 5.56 Å². The van der Waals surface area contributed by atoms with Gasteiger partial charge in [-0.05, 0) is 41.7 Å². The first-order valence-electron chi connectivity index (χ1n) is 16.0. The van der Waals surface area contributed by atoms with Crippen LogP contribution in [0.25, 0.3) is 0 Å². The van der Waals surface area contributed by atoms with Gasteiger partial charge in [0.1, 0.15) is 23.9 Å². The summed E-state index contributed by atoms with van der Waals surface area (Å²) >= 11 is 0. The first kappa shape index (κ1) is 38.3. The molecule has 0 fully saturated rings. The fourth-order valence-electron chi connectivity index (χ4n) is 5.12. The molecular weight excluding hydrogens is 642 g/mol. The number of nitrogens with zero attached hydrogens (tertiary/aromatic N) is 3. The van der Waals surface area contributed by atoms with E-state index >= 15 is 0 Å². The molecule has 0 spiro atoms. The zero-order valence-electron chi connectivity index (χ0n) is 27.7. The number of aliphatic carboxylic acids is 1. The molecule has 3 aromatic carbocycles. The number of amides is 3. The highest BCUT2D eigenvalue weighted by molar-refractivity contribution is 5.94. The minimum Gasteiger partial charge on any atom is -0.508 e. The number of benzene rings is 3. The van der Waals surface area contributed by atoms with Gasteiger partial charge in [-0.2, -0.15) is 0 Å².